The minimum atomic E-state index is -0.234. The van der Waals surface area contributed by atoms with Crippen LogP contribution in [-0.2, 0) is 20.8 Å². The Labute approximate surface area is 165 Å². The van der Waals surface area contributed by atoms with Crippen molar-refractivity contribution < 1.29 is 14.4 Å². The highest BCUT2D eigenvalue weighted by Crippen LogP contribution is 2.21. The van der Waals surface area contributed by atoms with Crippen LogP contribution >= 0.6 is 0 Å². The number of benzene rings is 2. The molecule has 6 heteroatoms. The van der Waals surface area contributed by atoms with Crippen LogP contribution in [0.15, 0.2) is 48.5 Å². The van der Waals surface area contributed by atoms with Gasteiger partial charge in [-0.15, -0.1) is 0 Å². The monoisotopic (exact) mass is 379 g/mol. The molecule has 1 aliphatic rings. The second kappa shape index (κ2) is 8.69. The number of rotatable bonds is 6. The van der Waals surface area contributed by atoms with Gasteiger partial charge in [0.05, 0.1) is 13.0 Å². The third-order valence-corrected chi connectivity index (χ3v) is 4.82. The van der Waals surface area contributed by atoms with Gasteiger partial charge < -0.3 is 15.1 Å². The number of hydrogen-bond acceptors (Lipinski definition) is 3. The second-order valence-corrected chi connectivity index (χ2v) is 7.16. The molecule has 0 aliphatic carbocycles. The average Bonchev–Trinajstić information content (AvgIpc) is 3.10. The molecule has 3 amide bonds. The third kappa shape index (κ3) is 4.97. The molecule has 146 valence electrons. The van der Waals surface area contributed by atoms with Gasteiger partial charge in [0.25, 0.3) is 0 Å². The largest absolute Gasteiger partial charge is 0.336 e. The lowest BCUT2D eigenvalue weighted by molar-refractivity contribution is -0.132. The maximum absolute atomic E-state index is 12.4. The molecule has 1 heterocycles. The molecular weight excluding hydrogens is 354 g/mol. The van der Waals surface area contributed by atoms with Gasteiger partial charge in [-0.3, -0.25) is 14.4 Å². The van der Waals surface area contributed by atoms with Gasteiger partial charge in [-0.25, -0.2) is 0 Å². The molecule has 1 aliphatic heterocycles. The van der Waals surface area contributed by atoms with Gasteiger partial charge in [0.15, 0.2) is 0 Å². The summed E-state index contributed by atoms with van der Waals surface area (Å²) in [6, 6.07) is 15.0. The summed E-state index contributed by atoms with van der Waals surface area (Å²) in [5.41, 5.74) is 3.55. The molecule has 0 bridgehead atoms. The number of hydrogen-bond donors (Lipinski definition) is 1. The molecule has 0 spiro atoms. The summed E-state index contributed by atoms with van der Waals surface area (Å²) >= 11 is 0. The Balaban J connectivity index is 1.51. The Morgan fingerprint density at radius 2 is 1.75 bits per heavy atom. The highest BCUT2D eigenvalue weighted by Gasteiger charge is 2.21. The van der Waals surface area contributed by atoms with E-state index in [4.69, 9.17) is 0 Å². The molecule has 0 radical (unpaired) electrons. The standard InChI is InChI=1S/C22H25N3O3/c1-16-5-9-18(10-6-16)23-20(26)15-24(2)22(28)14-17-7-11-19(12-8-17)25-13-3-4-21(25)27/h5-12H,3-4,13-15H2,1-2H3,(H,23,26). The first-order chi connectivity index (χ1) is 13.4. The number of likely N-dealkylation sites (N-methyl/N-ethyl adjacent to an activating group) is 1. The van der Waals surface area contributed by atoms with Crippen LogP contribution in [0.4, 0.5) is 11.4 Å². The van der Waals surface area contributed by atoms with Crippen LogP contribution in [-0.4, -0.2) is 42.8 Å². The fraction of sp³-hybridized carbons (Fsp3) is 0.318. The van der Waals surface area contributed by atoms with Crippen molar-refractivity contribution in [2.24, 2.45) is 0 Å². The predicted octanol–water partition coefficient (Wildman–Crippen LogP) is 2.76. The minimum Gasteiger partial charge on any atom is -0.336 e. The second-order valence-electron chi connectivity index (χ2n) is 7.16. The summed E-state index contributed by atoms with van der Waals surface area (Å²) in [5, 5.41) is 2.79. The number of nitrogens with one attached hydrogen (secondary N) is 1. The van der Waals surface area contributed by atoms with Crippen molar-refractivity contribution >= 4 is 29.1 Å². The molecule has 2 aromatic rings. The van der Waals surface area contributed by atoms with Crippen LogP contribution < -0.4 is 10.2 Å². The molecule has 28 heavy (non-hydrogen) atoms. The van der Waals surface area contributed by atoms with Crippen molar-refractivity contribution in [2.45, 2.75) is 26.2 Å². The number of amides is 3. The summed E-state index contributed by atoms with van der Waals surface area (Å²) < 4.78 is 0. The molecule has 0 atom stereocenters. The van der Waals surface area contributed by atoms with Gasteiger partial charge in [-0.05, 0) is 43.2 Å². The van der Waals surface area contributed by atoms with Crippen molar-refractivity contribution in [3.63, 3.8) is 0 Å². The van der Waals surface area contributed by atoms with Gasteiger partial charge in [-0.1, -0.05) is 29.8 Å². The first-order valence-corrected chi connectivity index (χ1v) is 9.42. The van der Waals surface area contributed by atoms with Crippen molar-refractivity contribution in [3.8, 4) is 0 Å². The van der Waals surface area contributed by atoms with Gasteiger partial charge in [0, 0.05) is 31.4 Å². The smallest absolute Gasteiger partial charge is 0.243 e. The topological polar surface area (TPSA) is 69.7 Å². The summed E-state index contributed by atoms with van der Waals surface area (Å²) in [7, 11) is 1.62. The highest BCUT2D eigenvalue weighted by atomic mass is 16.2. The van der Waals surface area contributed by atoms with Crippen LogP contribution in [0.1, 0.15) is 24.0 Å². The number of carbonyl (C=O) groups is 3. The summed E-state index contributed by atoms with van der Waals surface area (Å²) in [6.45, 7) is 2.72. The lowest BCUT2D eigenvalue weighted by Crippen LogP contribution is -2.35. The van der Waals surface area contributed by atoms with Gasteiger partial charge in [-0.2, -0.15) is 0 Å². The van der Waals surface area contributed by atoms with E-state index >= 15 is 0 Å². The molecule has 0 saturated carbocycles. The number of nitrogens with zero attached hydrogens (tertiary/aromatic N) is 2. The zero-order chi connectivity index (χ0) is 20.1. The van der Waals surface area contributed by atoms with Crippen molar-refractivity contribution in [1.82, 2.24) is 4.90 Å². The van der Waals surface area contributed by atoms with E-state index in [1.807, 2.05) is 55.5 Å². The van der Waals surface area contributed by atoms with Gasteiger partial charge in [0.2, 0.25) is 17.7 Å². The lowest BCUT2D eigenvalue weighted by Gasteiger charge is -2.18. The van der Waals surface area contributed by atoms with Crippen molar-refractivity contribution in [3.05, 3.63) is 59.7 Å². The Morgan fingerprint density at radius 1 is 1.07 bits per heavy atom. The van der Waals surface area contributed by atoms with Crippen LogP contribution in [0, 0.1) is 6.92 Å². The molecule has 1 saturated heterocycles. The number of carbonyl (C=O) groups excluding carboxylic acids is 3. The zero-order valence-electron chi connectivity index (χ0n) is 16.3. The molecule has 2 aromatic carbocycles. The Bertz CT molecular complexity index is 860. The van der Waals surface area contributed by atoms with E-state index in [1.165, 1.54) is 4.90 Å². The molecule has 0 unspecified atom stereocenters. The Kier molecular flexibility index (Phi) is 6.09. The highest BCUT2D eigenvalue weighted by molar-refractivity contribution is 5.96. The van der Waals surface area contributed by atoms with E-state index in [-0.39, 0.29) is 30.7 Å². The van der Waals surface area contributed by atoms with Crippen LogP contribution in [0.3, 0.4) is 0 Å². The maximum Gasteiger partial charge on any atom is 0.243 e. The summed E-state index contributed by atoms with van der Waals surface area (Å²) in [6.07, 6.45) is 1.69. The van der Waals surface area contributed by atoms with Crippen LogP contribution in [0.2, 0.25) is 0 Å². The van der Waals surface area contributed by atoms with Gasteiger partial charge >= 0.3 is 0 Å². The lowest BCUT2D eigenvalue weighted by atomic mass is 10.1. The van der Waals surface area contributed by atoms with Crippen molar-refractivity contribution in [1.29, 1.82) is 0 Å². The zero-order valence-corrected chi connectivity index (χ0v) is 16.3. The van der Waals surface area contributed by atoms with E-state index in [0.717, 1.165) is 29.8 Å². The predicted molar refractivity (Wildman–Crippen MR) is 109 cm³/mol. The molecular formula is C22H25N3O3. The molecule has 6 nitrogen and oxygen atoms in total. The fourth-order valence-corrected chi connectivity index (χ4v) is 3.17. The molecule has 0 aromatic heterocycles. The fourth-order valence-electron chi connectivity index (χ4n) is 3.17. The Morgan fingerprint density at radius 3 is 2.36 bits per heavy atom. The van der Waals surface area contributed by atoms with Gasteiger partial charge in [0.1, 0.15) is 0 Å². The van der Waals surface area contributed by atoms with E-state index in [2.05, 4.69) is 5.32 Å². The maximum atomic E-state index is 12.4. The summed E-state index contributed by atoms with van der Waals surface area (Å²) in [4.78, 5) is 39.6. The van der Waals surface area contributed by atoms with Crippen molar-refractivity contribution in [2.75, 3.05) is 30.4 Å². The molecule has 1 fully saturated rings. The number of aryl methyl sites for hydroxylation is 1. The normalized spacial score (nSPS) is 13.5. The average molecular weight is 379 g/mol. The van der Waals surface area contributed by atoms with E-state index in [1.54, 1.807) is 11.9 Å². The quantitative estimate of drug-likeness (QED) is 0.839. The first-order valence-electron chi connectivity index (χ1n) is 9.42. The minimum absolute atomic E-state index is 0.00687. The molecule has 3 rings (SSSR count). The summed E-state index contributed by atoms with van der Waals surface area (Å²) in [5.74, 6) is -0.227. The molecule has 1 N–H and O–H groups in total. The van der Waals surface area contributed by atoms with E-state index in [9.17, 15) is 14.4 Å². The van der Waals surface area contributed by atoms with E-state index in [0.29, 0.717) is 12.1 Å². The Hall–Kier alpha value is -3.15. The van der Waals surface area contributed by atoms with Crippen LogP contribution in [0.5, 0.6) is 0 Å². The van der Waals surface area contributed by atoms with E-state index < -0.39 is 0 Å². The SMILES string of the molecule is Cc1ccc(NC(=O)CN(C)C(=O)Cc2ccc(N3CCCC3=O)cc2)cc1. The number of anilines is 2. The first kappa shape index (κ1) is 19.6. The third-order valence-electron chi connectivity index (χ3n) is 4.82. The van der Waals surface area contributed by atoms with Crippen LogP contribution in [0.25, 0.3) is 0 Å².